The first-order valence-corrected chi connectivity index (χ1v) is 9.81. The molecule has 15 heteroatoms. The molecule has 1 aliphatic heterocycles. The first-order valence-electron chi connectivity index (χ1n) is 9.43. The van der Waals surface area contributed by atoms with Crippen molar-refractivity contribution < 1.29 is 50.9 Å². The minimum atomic E-state index is -4.36. The number of ether oxygens (including phenoxy) is 4. The van der Waals surface area contributed by atoms with Gasteiger partial charge in [-0.3, -0.25) is 15.0 Å². The second kappa shape index (κ2) is 12.4. The van der Waals surface area contributed by atoms with Gasteiger partial charge in [-0.15, -0.1) is 0 Å². The van der Waals surface area contributed by atoms with Crippen molar-refractivity contribution in [3.8, 4) is 5.75 Å². The highest BCUT2D eigenvalue weighted by Gasteiger charge is 2.29. The van der Waals surface area contributed by atoms with Crippen LogP contribution in [0.4, 0.5) is 22.4 Å². The summed E-state index contributed by atoms with van der Waals surface area (Å²) in [7, 11) is 0. The molecule has 3 amide bonds. The molecule has 0 unspecified atom stereocenters. The highest BCUT2D eigenvalue weighted by atomic mass is 35.5. The van der Waals surface area contributed by atoms with Gasteiger partial charge in [-0.1, -0.05) is 11.6 Å². The van der Waals surface area contributed by atoms with Crippen LogP contribution in [0, 0.1) is 5.82 Å². The maximum absolute atomic E-state index is 13.3. The average molecular weight is 502 g/mol. The Morgan fingerprint density at radius 2 is 1.85 bits per heavy atom. The monoisotopic (exact) mass is 501 g/mol. The largest absolute Gasteiger partial charge is 0.484 e. The fraction of sp³-hybridized carbons (Fsp3) is 0.500. The van der Waals surface area contributed by atoms with Gasteiger partial charge in [0.15, 0.2) is 6.61 Å². The topological polar surface area (TPSA) is 124 Å². The van der Waals surface area contributed by atoms with Crippen LogP contribution in [-0.4, -0.2) is 62.8 Å². The molecule has 0 radical (unpaired) electrons. The number of rotatable bonds is 8. The molecule has 3 N–H and O–H groups in total. The number of benzene rings is 1. The molecule has 1 aromatic rings. The first-order chi connectivity index (χ1) is 15.5. The molecule has 10 nitrogen and oxygen atoms in total. The van der Waals surface area contributed by atoms with Gasteiger partial charge >= 0.3 is 12.3 Å². The van der Waals surface area contributed by atoms with Crippen molar-refractivity contribution in [3.05, 3.63) is 29.0 Å². The van der Waals surface area contributed by atoms with Crippen LogP contribution in [0.15, 0.2) is 18.2 Å². The number of halogens is 5. The quantitative estimate of drug-likeness (QED) is 0.282. The molecular weight excluding hydrogens is 482 g/mol. The van der Waals surface area contributed by atoms with Gasteiger partial charge in [-0.05, 0) is 18.6 Å². The molecule has 1 aromatic carbocycles. The van der Waals surface area contributed by atoms with Crippen LogP contribution in [0.1, 0.15) is 12.8 Å². The van der Waals surface area contributed by atoms with Gasteiger partial charge in [0.2, 0.25) is 6.29 Å². The Labute approximate surface area is 189 Å². The van der Waals surface area contributed by atoms with Crippen molar-refractivity contribution in [2.24, 2.45) is 0 Å². The van der Waals surface area contributed by atoms with E-state index in [9.17, 15) is 31.9 Å². The van der Waals surface area contributed by atoms with E-state index in [4.69, 9.17) is 25.8 Å². The summed E-state index contributed by atoms with van der Waals surface area (Å²) in [6.45, 7) is -1.13. The Balaban J connectivity index is 1.60. The number of alkyl halides is 3. The van der Waals surface area contributed by atoms with Gasteiger partial charge in [0.05, 0.1) is 30.9 Å². The van der Waals surface area contributed by atoms with Crippen molar-refractivity contribution in [2.45, 2.75) is 31.3 Å². The molecule has 0 saturated carbocycles. The zero-order chi connectivity index (χ0) is 24.4. The Bertz CT molecular complexity index is 836. The second-order valence-electron chi connectivity index (χ2n) is 6.60. The van der Waals surface area contributed by atoms with Crippen molar-refractivity contribution in [1.82, 2.24) is 16.2 Å². The molecule has 0 bridgehead atoms. The van der Waals surface area contributed by atoms with E-state index in [2.05, 4.69) is 10.1 Å². The fourth-order valence-electron chi connectivity index (χ4n) is 2.37. The lowest BCUT2D eigenvalue weighted by molar-refractivity contribution is -0.198. The molecule has 1 aliphatic rings. The third-order valence-electron chi connectivity index (χ3n) is 3.86. The van der Waals surface area contributed by atoms with Crippen molar-refractivity contribution in [3.63, 3.8) is 0 Å². The summed E-state index contributed by atoms with van der Waals surface area (Å²) in [5, 5.41) is 2.44. The van der Waals surface area contributed by atoms with Crippen LogP contribution >= 0.6 is 11.6 Å². The molecule has 184 valence electrons. The summed E-state index contributed by atoms with van der Waals surface area (Å²) in [4.78, 5) is 35.1. The Morgan fingerprint density at radius 1 is 1.15 bits per heavy atom. The number of carbonyl (C=O) groups excluding carboxylic acids is 3. The number of hydrogen-bond acceptors (Lipinski definition) is 7. The van der Waals surface area contributed by atoms with Gasteiger partial charge < -0.3 is 24.3 Å². The molecule has 33 heavy (non-hydrogen) atoms. The van der Waals surface area contributed by atoms with E-state index in [1.165, 1.54) is 12.1 Å². The van der Waals surface area contributed by atoms with Gasteiger partial charge in [-0.2, -0.15) is 13.2 Å². The first kappa shape index (κ1) is 26.4. The fourth-order valence-corrected chi connectivity index (χ4v) is 2.49. The normalized spacial score (nSPS) is 18.2. The van der Waals surface area contributed by atoms with E-state index in [1.54, 1.807) is 0 Å². The second-order valence-corrected chi connectivity index (χ2v) is 7.00. The summed E-state index contributed by atoms with van der Waals surface area (Å²) in [6, 6.07) is 3.08. The SMILES string of the molecule is O=C(COc1ccc(Cl)c(F)c1)N[C@H]1CO[C@H](C(=O)NNC(=O)OCCCC(F)(F)F)OC1. The van der Waals surface area contributed by atoms with Crippen molar-refractivity contribution in [2.75, 3.05) is 26.4 Å². The van der Waals surface area contributed by atoms with E-state index < -0.39 is 68.3 Å². The number of amides is 3. The highest BCUT2D eigenvalue weighted by Crippen LogP contribution is 2.21. The summed E-state index contributed by atoms with van der Waals surface area (Å²) in [6.07, 6.45) is -8.46. The predicted octanol–water partition coefficient (Wildman–Crippen LogP) is 1.82. The molecule has 0 atom stereocenters. The zero-order valence-electron chi connectivity index (χ0n) is 16.9. The molecule has 0 aromatic heterocycles. The molecular formula is C18H20ClF4N3O7. The van der Waals surface area contributed by atoms with Crippen LogP contribution in [0.25, 0.3) is 0 Å². The van der Waals surface area contributed by atoms with Crippen LogP contribution in [0.3, 0.4) is 0 Å². The smallest absolute Gasteiger partial charge is 0.426 e. The van der Waals surface area contributed by atoms with Crippen LogP contribution in [-0.2, 0) is 23.8 Å². The number of hydrogen-bond donors (Lipinski definition) is 3. The van der Waals surface area contributed by atoms with Gasteiger partial charge in [-0.25, -0.2) is 14.6 Å². The number of hydrazine groups is 1. The van der Waals surface area contributed by atoms with Crippen LogP contribution in [0.5, 0.6) is 5.75 Å². The Kier molecular flexibility index (Phi) is 9.94. The molecule has 1 heterocycles. The lowest BCUT2D eigenvalue weighted by atomic mass is 10.3. The maximum Gasteiger partial charge on any atom is 0.426 e. The zero-order valence-corrected chi connectivity index (χ0v) is 17.6. The van der Waals surface area contributed by atoms with Gasteiger partial charge in [0.1, 0.15) is 11.6 Å². The van der Waals surface area contributed by atoms with Crippen LogP contribution < -0.4 is 20.9 Å². The maximum atomic E-state index is 13.3. The molecule has 1 saturated heterocycles. The van der Waals surface area contributed by atoms with E-state index >= 15 is 0 Å². The lowest BCUT2D eigenvalue weighted by Crippen LogP contribution is -2.54. The van der Waals surface area contributed by atoms with E-state index in [0.717, 1.165) is 6.07 Å². The third kappa shape index (κ3) is 10.1. The molecule has 0 aliphatic carbocycles. The minimum Gasteiger partial charge on any atom is -0.484 e. The Hall–Kier alpha value is -2.84. The molecule has 0 spiro atoms. The summed E-state index contributed by atoms with van der Waals surface area (Å²) >= 11 is 5.55. The summed E-state index contributed by atoms with van der Waals surface area (Å²) in [5.74, 6) is -2.05. The summed E-state index contributed by atoms with van der Waals surface area (Å²) in [5.41, 5.74) is 3.77. The van der Waals surface area contributed by atoms with Gasteiger partial charge in [0, 0.05) is 12.5 Å². The Morgan fingerprint density at radius 3 is 2.48 bits per heavy atom. The van der Waals surface area contributed by atoms with E-state index in [1.807, 2.05) is 10.9 Å². The predicted molar refractivity (Wildman–Crippen MR) is 102 cm³/mol. The van der Waals surface area contributed by atoms with Crippen molar-refractivity contribution in [1.29, 1.82) is 0 Å². The number of nitrogens with one attached hydrogen (secondary N) is 3. The number of carbonyl (C=O) groups is 3. The van der Waals surface area contributed by atoms with Gasteiger partial charge in [0.25, 0.3) is 11.8 Å². The minimum absolute atomic E-state index is 0.0880. The standard InChI is InChI=1S/C18H20ClF4N3O7/c19-12-3-2-11(6-13(12)20)31-9-14(27)24-10-7-32-16(33-8-10)15(28)25-26-17(29)30-5-1-4-18(21,22)23/h2-3,6,10,16H,1,4-5,7-9H2,(H,24,27)(H,25,28)(H,26,29)/t10-,16-. The van der Waals surface area contributed by atoms with E-state index in [0.29, 0.717) is 0 Å². The van der Waals surface area contributed by atoms with E-state index in [-0.39, 0.29) is 24.0 Å². The third-order valence-corrected chi connectivity index (χ3v) is 4.17. The molecule has 1 fully saturated rings. The molecule has 2 rings (SSSR count). The highest BCUT2D eigenvalue weighted by molar-refractivity contribution is 6.30. The van der Waals surface area contributed by atoms with Crippen molar-refractivity contribution >= 4 is 29.5 Å². The lowest BCUT2D eigenvalue weighted by Gasteiger charge is -2.29. The van der Waals surface area contributed by atoms with Crippen LogP contribution in [0.2, 0.25) is 5.02 Å². The average Bonchev–Trinajstić information content (AvgIpc) is 2.76. The summed E-state index contributed by atoms with van der Waals surface area (Å²) < 4.78 is 69.2.